The van der Waals surface area contributed by atoms with Gasteiger partial charge in [0.25, 0.3) is 5.91 Å². The van der Waals surface area contributed by atoms with Crippen LogP contribution in [0.1, 0.15) is 32.8 Å². The number of rotatable bonds is 5. The number of nitrogens with zero attached hydrogens (tertiary/aromatic N) is 1. The maximum absolute atomic E-state index is 13.0. The molecule has 1 aliphatic heterocycles. The molecule has 6 heteroatoms. The average Bonchev–Trinajstić information content (AvgIpc) is 3.14. The molecule has 0 saturated heterocycles. The van der Waals surface area contributed by atoms with Crippen molar-refractivity contribution in [3.05, 3.63) is 57.8 Å². The lowest BCUT2D eigenvalue weighted by Crippen LogP contribution is -2.46. The van der Waals surface area contributed by atoms with Gasteiger partial charge >= 0.3 is 5.97 Å². The van der Waals surface area contributed by atoms with E-state index in [1.54, 1.807) is 18.1 Å². The third-order valence-corrected chi connectivity index (χ3v) is 5.21. The summed E-state index contributed by atoms with van der Waals surface area (Å²) in [4.78, 5) is 28.3. The number of thiophene rings is 1. The first-order chi connectivity index (χ1) is 11.7. The molecule has 3 rings (SSSR count). The summed E-state index contributed by atoms with van der Waals surface area (Å²) in [6, 6.07) is 10.7. The summed E-state index contributed by atoms with van der Waals surface area (Å²) < 4.78 is 10.2. The lowest BCUT2D eigenvalue weighted by molar-refractivity contribution is -0.144. The van der Waals surface area contributed by atoms with Crippen LogP contribution >= 0.6 is 11.3 Å². The van der Waals surface area contributed by atoms with Gasteiger partial charge < -0.3 is 14.4 Å². The van der Waals surface area contributed by atoms with Crippen LogP contribution in [0.4, 0.5) is 0 Å². The molecular formula is C18H19NO4S. The Balaban J connectivity index is 2.15. The quantitative estimate of drug-likeness (QED) is 0.782. The van der Waals surface area contributed by atoms with E-state index in [1.165, 1.54) is 18.4 Å². The third-order valence-electron chi connectivity index (χ3n) is 4.26. The zero-order valence-corrected chi connectivity index (χ0v) is 14.4. The van der Waals surface area contributed by atoms with Gasteiger partial charge in [-0.3, -0.25) is 9.59 Å². The zero-order valence-electron chi connectivity index (χ0n) is 13.6. The van der Waals surface area contributed by atoms with E-state index in [2.05, 4.69) is 0 Å². The van der Waals surface area contributed by atoms with E-state index in [0.717, 1.165) is 10.4 Å². The Morgan fingerprint density at radius 2 is 2.00 bits per heavy atom. The lowest BCUT2D eigenvalue weighted by Gasteiger charge is -2.40. The highest BCUT2D eigenvalue weighted by Crippen LogP contribution is 2.44. The molecule has 0 N–H and O–H groups in total. The molecule has 126 valence electrons. The second-order valence-electron chi connectivity index (χ2n) is 5.54. The van der Waals surface area contributed by atoms with Crippen molar-refractivity contribution >= 4 is 23.2 Å². The Morgan fingerprint density at radius 1 is 1.21 bits per heavy atom. The topological polar surface area (TPSA) is 55.8 Å². The van der Waals surface area contributed by atoms with E-state index in [1.807, 2.05) is 35.7 Å². The second kappa shape index (κ2) is 7.15. The number of benzene rings is 1. The monoisotopic (exact) mass is 345 g/mol. The molecule has 5 nitrogen and oxygen atoms in total. The second-order valence-corrected chi connectivity index (χ2v) is 6.52. The van der Waals surface area contributed by atoms with Crippen LogP contribution in [0.5, 0.6) is 0 Å². The molecule has 2 heterocycles. The molecule has 0 aliphatic carbocycles. The van der Waals surface area contributed by atoms with Gasteiger partial charge in [0.15, 0.2) is 0 Å². The van der Waals surface area contributed by atoms with Gasteiger partial charge in [0, 0.05) is 24.1 Å². The molecule has 2 unspecified atom stereocenters. The summed E-state index contributed by atoms with van der Waals surface area (Å²) in [7, 11) is 2.98. The summed E-state index contributed by atoms with van der Waals surface area (Å²) in [6.07, 6.45) is 0. The molecule has 0 bridgehead atoms. The minimum Gasteiger partial charge on any atom is -0.468 e. The highest BCUT2D eigenvalue weighted by Gasteiger charge is 2.44. The number of carbonyl (C=O) groups excluding carboxylic acids is 2. The smallest absolute Gasteiger partial charge is 0.315 e. The van der Waals surface area contributed by atoms with Crippen LogP contribution in [-0.4, -0.2) is 44.1 Å². The Hall–Kier alpha value is -2.18. The minimum absolute atomic E-state index is 0.0822. The van der Waals surface area contributed by atoms with E-state index in [-0.39, 0.29) is 17.9 Å². The number of amides is 1. The van der Waals surface area contributed by atoms with Gasteiger partial charge in [0.1, 0.15) is 5.92 Å². The van der Waals surface area contributed by atoms with Crippen molar-refractivity contribution in [2.24, 2.45) is 0 Å². The summed E-state index contributed by atoms with van der Waals surface area (Å²) in [6.45, 7) is 0.823. The van der Waals surface area contributed by atoms with Gasteiger partial charge in [0.2, 0.25) is 0 Å². The van der Waals surface area contributed by atoms with Crippen molar-refractivity contribution in [2.45, 2.75) is 12.0 Å². The number of carbonyl (C=O) groups is 2. The first-order valence-corrected chi connectivity index (χ1v) is 8.57. The fourth-order valence-electron chi connectivity index (χ4n) is 3.18. The molecule has 2 atom stereocenters. The molecule has 24 heavy (non-hydrogen) atoms. The summed E-state index contributed by atoms with van der Waals surface area (Å²) >= 11 is 1.53. The first-order valence-electron chi connectivity index (χ1n) is 7.69. The third kappa shape index (κ3) is 2.83. The van der Waals surface area contributed by atoms with Crippen LogP contribution in [0, 0.1) is 0 Å². The number of methoxy groups -OCH3 is 2. The summed E-state index contributed by atoms with van der Waals surface area (Å²) in [5.74, 6) is -0.962. The van der Waals surface area contributed by atoms with Gasteiger partial charge in [0.05, 0.1) is 19.8 Å². The summed E-state index contributed by atoms with van der Waals surface area (Å²) in [5.41, 5.74) is 1.28. The summed E-state index contributed by atoms with van der Waals surface area (Å²) in [5, 5.41) is 1.95. The first kappa shape index (κ1) is 16.7. The standard InChI is InChI=1S/C18H19NO4S/c1-22-10-9-19-16(14-8-5-11-24-14)15(18(21)23-2)12-6-3-4-7-13(12)17(19)20/h3-8,11,15-16H,9-10H2,1-2H3. The maximum atomic E-state index is 13.0. The lowest BCUT2D eigenvalue weighted by atomic mass is 9.82. The number of hydrogen-bond donors (Lipinski definition) is 0. The fraction of sp³-hybridized carbons (Fsp3) is 0.333. The predicted octanol–water partition coefficient (Wildman–Crippen LogP) is 2.85. The van der Waals surface area contributed by atoms with E-state index in [4.69, 9.17) is 9.47 Å². The molecule has 2 aromatic rings. The van der Waals surface area contributed by atoms with Crippen molar-refractivity contribution in [1.82, 2.24) is 4.90 Å². The van der Waals surface area contributed by atoms with Crippen molar-refractivity contribution in [1.29, 1.82) is 0 Å². The molecule has 0 fully saturated rings. The molecule has 1 aromatic heterocycles. The fourth-order valence-corrected chi connectivity index (χ4v) is 4.06. The Labute approximate surface area is 144 Å². The highest BCUT2D eigenvalue weighted by atomic mass is 32.1. The molecule has 0 spiro atoms. The van der Waals surface area contributed by atoms with Crippen LogP contribution in [0.3, 0.4) is 0 Å². The highest BCUT2D eigenvalue weighted by molar-refractivity contribution is 7.10. The molecule has 0 radical (unpaired) electrons. The van der Waals surface area contributed by atoms with E-state index < -0.39 is 5.92 Å². The van der Waals surface area contributed by atoms with Gasteiger partial charge in [-0.25, -0.2) is 0 Å². The maximum Gasteiger partial charge on any atom is 0.315 e. The Kier molecular flexibility index (Phi) is 4.97. The largest absolute Gasteiger partial charge is 0.468 e. The average molecular weight is 345 g/mol. The van der Waals surface area contributed by atoms with Crippen LogP contribution in [0.25, 0.3) is 0 Å². The Morgan fingerprint density at radius 3 is 2.67 bits per heavy atom. The SMILES string of the molecule is COCCN1C(=O)c2ccccc2C(C(=O)OC)C1c1cccs1. The van der Waals surface area contributed by atoms with E-state index in [9.17, 15) is 9.59 Å². The van der Waals surface area contributed by atoms with Crippen molar-refractivity contribution in [2.75, 3.05) is 27.4 Å². The Bertz CT molecular complexity index is 728. The van der Waals surface area contributed by atoms with E-state index >= 15 is 0 Å². The number of esters is 1. The number of ether oxygens (including phenoxy) is 2. The van der Waals surface area contributed by atoms with Gasteiger partial charge in [-0.05, 0) is 23.1 Å². The van der Waals surface area contributed by atoms with Gasteiger partial charge in [-0.2, -0.15) is 0 Å². The molecule has 1 aromatic carbocycles. The molecule has 0 saturated carbocycles. The normalized spacial score (nSPS) is 19.9. The molecule has 1 amide bonds. The van der Waals surface area contributed by atoms with Crippen LogP contribution in [0.2, 0.25) is 0 Å². The van der Waals surface area contributed by atoms with Crippen LogP contribution in [0.15, 0.2) is 41.8 Å². The van der Waals surface area contributed by atoms with Crippen LogP contribution < -0.4 is 0 Å². The minimum atomic E-state index is -0.542. The zero-order chi connectivity index (χ0) is 17.1. The predicted molar refractivity (Wildman–Crippen MR) is 91.2 cm³/mol. The number of hydrogen-bond acceptors (Lipinski definition) is 5. The van der Waals surface area contributed by atoms with Gasteiger partial charge in [-0.15, -0.1) is 11.3 Å². The van der Waals surface area contributed by atoms with Crippen molar-refractivity contribution in [3.63, 3.8) is 0 Å². The number of fused-ring (bicyclic) bond motifs is 1. The van der Waals surface area contributed by atoms with Crippen LogP contribution in [-0.2, 0) is 14.3 Å². The van der Waals surface area contributed by atoms with Gasteiger partial charge in [-0.1, -0.05) is 24.3 Å². The van der Waals surface area contributed by atoms with Crippen molar-refractivity contribution in [3.8, 4) is 0 Å². The molecule has 1 aliphatic rings. The van der Waals surface area contributed by atoms with E-state index in [0.29, 0.717) is 18.7 Å². The molecular weight excluding hydrogens is 326 g/mol. The van der Waals surface area contributed by atoms with Crippen molar-refractivity contribution < 1.29 is 19.1 Å².